The molecule has 4 heterocycles. The highest BCUT2D eigenvalue weighted by Crippen LogP contribution is 2.39. The van der Waals surface area contributed by atoms with Crippen LogP contribution in [0.5, 0.6) is 0 Å². The maximum absolute atomic E-state index is 13.0. The van der Waals surface area contributed by atoms with E-state index in [0.717, 1.165) is 46.8 Å². The molecule has 1 aliphatic heterocycles. The number of fused-ring (bicyclic) bond motifs is 1. The molecule has 0 amide bonds. The number of hydrogen-bond acceptors (Lipinski definition) is 7. The molecule has 0 spiro atoms. The van der Waals surface area contributed by atoms with Crippen molar-refractivity contribution in [3.05, 3.63) is 35.1 Å². The molecule has 0 unspecified atom stereocenters. The second kappa shape index (κ2) is 7.42. The highest BCUT2D eigenvalue weighted by atomic mass is 32.2. The minimum Gasteiger partial charge on any atom is -0.313 e. The molecule has 6 nitrogen and oxygen atoms in total. The Kier molecular flexibility index (Phi) is 4.89. The monoisotopic (exact) mass is 434 g/mol. The van der Waals surface area contributed by atoms with E-state index >= 15 is 0 Å². The Morgan fingerprint density at radius 2 is 2.21 bits per heavy atom. The fourth-order valence-electron chi connectivity index (χ4n) is 3.29. The number of imidazole rings is 1. The van der Waals surface area contributed by atoms with E-state index < -0.39 is 6.43 Å². The summed E-state index contributed by atoms with van der Waals surface area (Å²) in [5, 5.41) is 11.0. The van der Waals surface area contributed by atoms with Gasteiger partial charge in [0.05, 0.1) is 11.7 Å². The Hall–Kier alpha value is -1.88. The van der Waals surface area contributed by atoms with E-state index in [4.69, 9.17) is 0 Å². The van der Waals surface area contributed by atoms with Gasteiger partial charge in [0, 0.05) is 28.7 Å². The fourth-order valence-corrected chi connectivity index (χ4v) is 4.89. The normalized spacial score (nSPS) is 18.4. The molecule has 1 aliphatic carbocycles. The molecule has 0 bridgehead atoms. The molecular formula is C19H20F2N6S2. The van der Waals surface area contributed by atoms with Gasteiger partial charge >= 0.3 is 0 Å². The minimum absolute atomic E-state index is 0.191. The average molecular weight is 435 g/mol. The third-order valence-electron chi connectivity index (χ3n) is 5.26. The largest absolute Gasteiger partial charge is 0.313 e. The van der Waals surface area contributed by atoms with Gasteiger partial charge in [0.1, 0.15) is 0 Å². The van der Waals surface area contributed by atoms with Gasteiger partial charge in [-0.2, -0.15) is 0 Å². The summed E-state index contributed by atoms with van der Waals surface area (Å²) >= 11 is 2.49. The molecule has 2 N–H and O–H groups in total. The van der Waals surface area contributed by atoms with Crippen molar-refractivity contribution in [2.45, 2.75) is 43.0 Å². The van der Waals surface area contributed by atoms with Crippen LogP contribution < -0.4 is 10.0 Å². The number of hydrogen-bond donors (Lipinski definition) is 2. The van der Waals surface area contributed by atoms with Crippen LogP contribution in [-0.4, -0.2) is 38.2 Å². The minimum atomic E-state index is -2.63. The van der Waals surface area contributed by atoms with E-state index in [1.807, 2.05) is 10.6 Å². The van der Waals surface area contributed by atoms with E-state index in [9.17, 15) is 8.78 Å². The molecule has 0 radical (unpaired) electrons. The molecule has 5 rings (SSSR count). The third-order valence-corrected chi connectivity index (χ3v) is 7.24. The third kappa shape index (κ3) is 3.81. The van der Waals surface area contributed by atoms with Gasteiger partial charge in [-0.15, -0.1) is 10.2 Å². The first-order valence-electron chi connectivity index (χ1n) is 9.50. The van der Waals surface area contributed by atoms with Crippen LogP contribution in [0.2, 0.25) is 0 Å². The lowest BCUT2D eigenvalue weighted by Gasteiger charge is -2.17. The maximum Gasteiger partial charge on any atom is 0.291 e. The molecule has 3 aromatic rings. The van der Waals surface area contributed by atoms with E-state index in [-0.39, 0.29) is 10.5 Å². The number of nitrogens with zero attached hydrogens (tertiary/aromatic N) is 4. The van der Waals surface area contributed by atoms with Crippen molar-refractivity contribution in [3.63, 3.8) is 0 Å². The zero-order valence-corrected chi connectivity index (χ0v) is 17.4. The lowest BCUT2D eigenvalue weighted by atomic mass is 10.0. The van der Waals surface area contributed by atoms with E-state index in [1.165, 1.54) is 18.4 Å². The number of alkyl halides is 2. The standard InChI is InChI=1S/C19H20F2N6S2/c1-19(4-5-19)26-29-12-8-13(11-2-6-22-7-3-11)14-9-23-16(27(14)10-12)18-25-24-17(28-18)15(20)21/h2,8-10,15,22,26H,3-7H2,1H3. The van der Waals surface area contributed by atoms with Crippen LogP contribution in [0.1, 0.15) is 43.2 Å². The van der Waals surface area contributed by atoms with Crippen molar-refractivity contribution >= 4 is 34.4 Å². The van der Waals surface area contributed by atoms with Crippen molar-refractivity contribution in [2.75, 3.05) is 13.1 Å². The summed E-state index contributed by atoms with van der Waals surface area (Å²) in [7, 11) is 0. The summed E-state index contributed by atoms with van der Waals surface area (Å²) in [5.41, 5.74) is 3.53. The first-order chi connectivity index (χ1) is 14.0. The molecule has 1 saturated carbocycles. The van der Waals surface area contributed by atoms with Crippen molar-refractivity contribution in [3.8, 4) is 10.8 Å². The van der Waals surface area contributed by atoms with Gasteiger partial charge in [0.25, 0.3) is 6.43 Å². The average Bonchev–Trinajstić information content (AvgIpc) is 3.11. The molecule has 10 heteroatoms. The van der Waals surface area contributed by atoms with Crippen molar-refractivity contribution in [1.82, 2.24) is 29.6 Å². The Morgan fingerprint density at radius 3 is 2.90 bits per heavy atom. The number of aromatic nitrogens is 4. The zero-order chi connectivity index (χ0) is 20.0. The molecular weight excluding hydrogens is 414 g/mol. The SMILES string of the molecule is CC1(NSc2cc(C3=CCNCC3)c3cnc(-c4nnc(C(F)F)s4)n3c2)CC1. The van der Waals surface area contributed by atoms with E-state index in [2.05, 4.69) is 44.3 Å². The number of rotatable bonds is 6. The quantitative estimate of drug-likeness (QED) is 0.564. The summed E-state index contributed by atoms with van der Waals surface area (Å²) in [5.74, 6) is 0.542. The first-order valence-corrected chi connectivity index (χ1v) is 11.1. The predicted octanol–water partition coefficient (Wildman–Crippen LogP) is 4.32. The van der Waals surface area contributed by atoms with E-state index in [1.54, 1.807) is 18.1 Å². The Bertz CT molecular complexity index is 1090. The Labute approximate surface area is 175 Å². The molecule has 0 atom stereocenters. The second-order valence-electron chi connectivity index (χ2n) is 7.62. The van der Waals surface area contributed by atoms with Crippen LogP contribution in [0.4, 0.5) is 8.78 Å². The highest BCUT2D eigenvalue weighted by Gasteiger charge is 2.37. The number of nitrogens with one attached hydrogen (secondary N) is 2. The maximum atomic E-state index is 13.0. The topological polar surface area (TPSA) is 67.1 Å². The van der Waals surface area contributed by atoms with E-state index in [0.29, 0.717) is 10.8 Å². The van der Waals surface area contributed by atoms with Crippen LogP contribution in [0, 0.1) is 0 Å². The number of halogens is 2. The van der Waals surface area contributed by atoms with Crippen molar-refractivity contribution in [2.24, 2.45) is 0 Å². The summed E-state index contributed by atoms with van der Waals surface area (Å²) in [6.45, 7) is 3.98. The van der Waals surface area contributed by atoms with Crippen LogP contribution in [0.3, 0.4) is 0 Å². The van der Waals surface area contributed by atoms with Gasteiger partial charge in [-0.3, -0.25) is 9.12 Å². The highest BCUT2D eigenvalue weighted by molar-refractivity contribution is 7.97. The zero-order valence-electron chi connectivity index (χ0n) is 15.8. The van der Waals surface area contributed by atoms with Crippen LogP contribution >= 0.6 is 23.3 Å². The lowest BCUT2D eigenvalue weighted by molar-refractivity contribution is 0.150. The van der Waals surface area contributed by atoms with Gasteiger partial charge in [0.2, 0.25) is 0 Å². The van der Waals surface area contributed by atoms with Crippen LogP contribution in [0.25, 0.3) is 21.9 Å². The first kappa shape index (κ1) is 19.1. The van der Waals surface area contributed by atoms with Crippen LogP contribution in [-0.2, 0) is 0 Å². The molecule has 2 aliphatic rings. The molecule has 1 fully saturated rings. The van der Waals surface area contributed by atoms with Gasteiger partial charge in [-0.1, -0.05) is 17.4 Å². The summed E-state index contributed by atoms with van der Waals surface area (Å²) in [4.78, 5) is 5.56. The van der Waals surface area contributed by atoms with Gasteiger partial charge in [-0.25, -0.2) is 13.8 Å². The lowest BCUT2D eigenvalue weighted by Crippen LogP contribution is -2.21. The molecule has 152 valence electrons. The van der Waals surface area contributed by atoms with Crippen molar-refractivity contribution in [1.29, 1.82) is 0 Å². The van der Waals surface area contributed by atoms with Gasteiger partial charge in [-0.05, 0) is 56.3 Å². The molecule has 3 aromatic heterocycles. The summed E-state index contributed by atoms with van der Waals surface area (Å²) in [6, 6.07) is 2.19. The molecule has 0 saturated heterocycles. The summed E-state index contributed by atoms with van der Waals surface area (Å²) < 4.78 is 31.5. The Morgan fingerprint density at radius 1 is 1.34 bits per heavy atom. The molecule has 0 aromatic carbocycles. The second-order valence-corrected chi connectivity index (χ2v) is 9.51. The molecule has 29 heavy (non-hydrogen) atoms. The number of pyridine rings is 1. The Balaban J connectivity index is 1.60. The summed E-state index contributed by atoms with van der Waals surface area (Å²) in [6.07, 6.45) is 6.64. The fraction of sp³-hybridized carbons (Fsp3) is 0.421. The predicted molar refractivity (Wildman–Crippen MR) is 111 cm³/mol. The van der Waals surface area contributed by atoms with Gasteiger partial charge in [0.15, 0.2) is 15.8 Å². The van der Waals surface area contributed by atoms with Gasteiger partial charge < -0.3 is 5.32 Å². The van der Waals surface area contributed by atoms with Crippen molar-refractivity contribution < 1.29 is 8.78 Å². The van der Waals surface area contributed by atoms with Crippen LogP contribution in [0.15, 0.2) is 29.4 Å². The smallest absolute Gasteiger partial charge is 0.291 e.